The van der Waals surface area contributed by atoms with Gasteiger partial charge in [-0.25, -0.2) is 0 Å². The molecule has 0 aromatic rings. The molecule has 0 aromatic carbocycles. The molecule has 0 aliphatic carbocycles. The molecule has 1 atom stereocenters. The van der Waals surface area contributed by atoms with Crippen molar-refractivity contribution in [2.75, 3.05) is 6.54 Å². The van der Waals surface area contributed by atoms with Crippen LogP contribution in [0.5, 0.6) is 0 Å². The van der Waals surface area contributed by atoms with Crippen molar-refractivity contribution in [3.63, 3.8) is 0 Å². The van der Waals surface area contributed by atoms with Crippen LogP contribution in [-0.2, 0) is 0 Å². The van der Waals surface area contributed by atoms with Crippen LogP contribution in [0.4, 0.5) is 0 Å². The van der Waals surface area contributed by atoms with E-state index >= 15 is 0 Å². The molecule has 0 spiro atoms. The molecule has 0 amide bonds. The van der Waals surface area contributed by atoms with Gasteiger partial charge in [-0.2, -0.15) is 5.10 Å². The van der Waals surface area contributed by atoms with Gasteiger partial charge < -0.3 is 0 Å². The van der Waals surface area contributed by atoms with Gasteiger partial charge in [0.25, 0.3) is 3.92 Å². The molecule has 14 heavy (non-hydrogen) atoms. The minimum atomic E-state index is -1.46. The number of unbranched alkanes of at least 4 members (excludes halogenated alkanes) is 1. The van der Waals surface area contributed by atoms with E-state index in [0.29, 0.717) is 0 Å². The predicted molar refractivity (Wildman–Crippen MR) is 65.0 cm³/mol. The minimum Gasteiger partial charge on any atom is -0.285 e. The van der Waals surface area contributed by atoms with E-state index < -0.39 is 3.92 Å². The topological polar surface area (TPSA) is 18.8 Å². The monoisotopic (exact) mass is 321 g/mol. The Kier molecular flexibility index (Phi) is 4.62. The number of hydrogen-bond donors (Lipinski definition) is 0. The first-order valence-corrected chi connectivity index (χ1v) is 6.31. The Labute approximate surface area is 107 Å². The standard InChI is InChI=1S/C7H11BrCl3N3/c1-2-3-4-14-6(8)13(5-12-14)7(9,10)11/h5-6H,2-4H2,1H3. The largest absolute Gasteiger partial charge is 0.285 e. The first-order chi connectivity index (χ1) is 6.46. The Hall–Kier alpha value is 0.620. The summed E-state index contributed by atoms with van der Waals surface area (Å²) in [7, 11) is 0. The fourth-order valence-electron chi connectivity index (χ4n) is 1.05. The summed E-state index contributed by atoms with van der Waals surface area (Å²) < 4.78 is -1.46. The third-order valence-electron chi connectivity index (χ3n) is 1.83. The molecule has 1 aliphatic heterocycles. The molecular weight excluding hydrogens is 312 g/mol. The first kappa shape index (κ1) is 12.7. The van der Waals surface area contributed by atoms with Crippen LogP contribution in [0.2, 0.25) is 0 Å². The van der Waals surface area contributed by atoms with Crippen molar-refractivity contribution in [3.8, 4) is 0 Å². The smallest absolute Gasteiger partial charge is 0.271 e. The Balaban J connectivity index is 2.52. The van der Waals surface area contributed by atoms with E-state index in [-0.39, 0.29) is 5.08 Å². The quantitative estimate of drug-likeness (QED) is 0.586. The molecule has 1 rings (SSSR count). The molecule has 1 heterocycles. The zero-order valence-corrected chi connectivity index (χ0v) is 11.5. The highest BCUT2D eigenvalue weighted by atomic mass is 79.9. The molecule has 0 fully saturated rings. The summed E-state index contributed by atoms with van der Waals surface area (Å²) in [5.41, 5.74) is 0. The maximum Gasteiger partial charge on any atom is 0.271 e. The summed E-state index contributed by atoms with van der Waals surface area (Å²) in [6.07, 6.45) is 3.70. The highest BCUT2D eigenvalue weighted by Gasteiger charge is 2.38. The van der Waals surface area contributed by atoms with Crippen molar-refractivity contribution >= 4 is 57.1 Å². The summed E-state index contributed by atoms with van der Waals surface area (Å²) in [6, 6.07) is 0. The summed E-state index contributed by atoms with van der Waals surface area (Å²) in [5.74, 6) is 0. The Morgan fingerprint density at radius 2 is 2.14 bits per heavy atom. The van der Waals surface area contributed by atoms with Crippen molar-refractivity contribution in [1.29, 1.82) is 0 Å². The number of nitrogens with zero attached hydrogens (tertiary/aromatic N) is 3. The van der Waals surface area contributed by atoms with Crippen molar-refractivity contribution < 1.29 is 0 Å². The molecule has 3 nitrogen and oxygen atoms in total. The van der Waals surface area contributed by atoms with Crippen LogP contribution < -0.4 is 0 Å². The molecule has 1 aliphatic rings. The van der Waals surface area contributed by atoms with Crippen LogP contribution in [0.25, 0.3) is 0 Å². The van der Waals surface area contributed by atoms with Crippen molar-refractivity contribution in [2.24, 2.45) is 5.10 Å². The fourth-order valence-corrected chi connectivity index (χ4v) is 2.53. The highest BCUT2D eigenvalue weighted by Crippen LogP contribution is 2.36. The predicted octanol–water partition coefficient (Wildman–Crippen LogP) is 3.35. The second kappa shape index (κ2) is 5.10. The normalized spacial score (nSPS) is 22.2. The Morgan fingerprint density at radius 3 is 2.57 bits per heavy atom. The van der Waals surface area contributed by atoms with Crippen molar-refractivity contribution in [2.45, 2.75) is 28.8 Å². The summed E-state index contributed by atoms with van der Waals surface area (Å²) in [5, 5.41) is 5.80. The van der Waals surface area contributed by atoms with Gasteiger partial charge >= 0.3 is 0 Å². The van der Waals surface area contributed by atoms with Gasteiger partial charge in [0.1, 0.15) is 6.34 Å². The minimum absolute atomic E-state index is 0.179. The molecule has 82 valence electrons. The third-order valence-corrected chi connectivity index (χ3v) is 3.33. The van der Waals surface area contributed by atoms with Gasteiger partial charge in [-0.05, 0) is 22.4 Å². The Morgan fingerprint density at radius 1 is 1.50 bits per heavy atom. The molecule has 0 aromatic heterocycles. The van der Waals surface area contributed by atoms with Crippen molar-refractivity contribution in [3.05, 3.63) is 0 Å². The zero-order valence-electron chi connectivity index (χ0n) is 7.63. The highest BCUT2D eigenvalue weighted by molar-refractivity contribution is 9.09. The van der Waals surface area contributed by atoms with Crippen LogP contribution in [0, 0.1) is 0 Å². The van der Waals surface area contributed by atoms with Crippen LogP contribution >= 0.6 is 50.7 Å². The number of alkyl halides is 4. The SMILES string of the molecule is CCCCN1N=CN(C(Cl)(Cl)Cl)C1Br. The molecule has 0 N–H and O–H groups in total. The van der Waals surface area contributed by atoms with E-state index in [2.05, 4.69) is 28.0 Å². The molecule has 0 bridgehead atoms. The number of hydrogen-bond acceptors (Lipinski definition) is 3. The lowest BCUT2D eigenvalue weighted by Crippen LogP contribution is -2.42. The number of halogens is 4. The van der Waals surface area contributed by atoms with Gasteiger partial charge in [0.2, 0.25) is 0 Å². The van der Waals surface area contributed by atoms with Gasteiger partial charge in [0.05, 0.1) is 0 Å². The van der Waals surface area contributed by atoms with E-state index in [1.54, 1.807) is 0 Å². The van der Waals surface area contributed by atoms with Crippen LogP contribution in [0.15, 0.2) is 5.10 Å². The van der Waals surface area contributed by atoms with Crippen LogP contribution in [0.3, 0.4) is 0 Å². The van der Waals surface area contributed by atoms with E-state index in [0.717, 1.165) is 19.4 Å². The number of hydrazone groups is 1. The van der Waals surface area contributed by atoms with E-state index in [9.17, 15) is 0 Å². The first-order valence-electron chi connectivity index (χ1n) is 4.26. The molecule has 7 heteroatoms. The van der Waals surface area contributed by atoms with E-state index in [1.807, 2.05) is 5.01 Å². The van der Waals surface area contributed by atoms with E-state index in [4.69, 9.17) is 34.8 Å². The lowest BCUT2D eigenvalue weighted by molar-refractivity contribution is 0.207. The van der Waals surface area contributed by atoms with Crippen molar-refractivity contribution in [1.82, 2.24) is 9.91 Å². The number of rotatable bonds is 3. The van der Waals surface area contributed by atoms with Gasteiger partial charge in [0, 0.05) is 6.54 Å². The molecule has 0 saturated heterocycles. The van der Waals surface area contributed by atoms with Gasteiger partial charge in [-0.1, -0.05) is 48.1 Å². The summed E-state index contributed by atoms with van der Waals surface area (Å²) in [4.78, 5) is 1.52. The second-order valence-electron chi connectivity index (χ2n) is 2.93. The average molecular weight is 323 g/mol. The Bertz CT molecular complexity index is 219. The molecule has 1 unspecified atom stereocenters. The van der Waals surface area contributed by atoms with Crippen LogP contribution in [-0.4, -0.2) is 31.8 Å². The van der Waals surface area contributed by atoms with Gasteiger partial charge in [0.15, 0.2) is 5.08 Å². The maximum absolute atomic E-state index is 5.74. The van der Waals surface area contributed by atoms with Gasteiger partial charge in [-0.3, -0.25) is 9.91 Å². The summed E-state index contributed by atoms with van der Waals surface area (Å²) >= 11 is 20.6. The lowest BCUT2D eigenvalue weighted by atomic mass is 10.3. The van der Waals surface area contributed by atoms with Crippen LogP contribution in [0.1, 0.15) is 19.8 Å². The average Bonchev–Trinajstić information content (AvgIpc) is 2.42. The third kappa shape index (κ3) is 3.05. The molecule has 0 saturated carbocycles. The fraction of sp³-hybridized carbons (Fsp3) is 0.857. The molecule has 0 radical (unpaired) electrons. The van der Waals surface area contributed by atoms with E-state index in [1.165, 1.54) is 11.2 Å². The maximum atomic E-state index is 5.74. The van der Waals surface area contributed by atoms with Gasteiger partial charge in [-0.15, -0.1) is 0 Å². The second-order valence-corrected chi connectivity index (χ2v) is 5.97. The molecular formula is C7H11BrCl3N3. The summed E-state index contributed by atoms with van der Waals surface area (Å²) in [6.45, 7) is 2.97. The zero-order chi connectivity index (χ0) is 10.8. The lowest BCUT2D eigenvalue weighted by Gasteiger charge is -2.30.